The van der Waals surface area contributed by atoms with Gasteiger partial charge in [-0.2, -0.15) is 0 Å². The van der Waals surface area contributed by atoms with Gasteiger partial charge in [-0.3, -0.25) is 5.32 Å². The Morgan fingerprint density at radius 3 is 2.57 bits per heavy atom. The standard InChI is InChI=1S/C16H21N3O4/c1-3-21-15(22-4-2)11-17-16(20)18-14-10-13(23-19-14)12-8-6-5-7-9-12/h5-10,15H,3-4,11H2,1-2H3,(H2,17,18,19,20). The van der Waals surface area contributed by atoms with Gasteiger partial charge >= 0.3 is 6.03 Å². The summed E-state index contributed by atoms with van der Waals surface area (Å²) >= 11 is 0. The van der Waals surface area contributed by atoms with Gasteiger partial charge in [0.2, 0.25) is 0 Å². The molecule has 2 aromatic rings. The van der Waals surface area contributed by atoms with Crippen molar-refractivity contribution in [1.82, 2.24) is 10.5 Å². The van der Waals surface area contributed by atoms with E-state index in [0.29, 0.717) is 24.8 Å². The van der Waals surface area contributed by atoms with E-state index in [9.17, 15) is 4.79 Å². The van der Waals surface area contributed by atoms with Crippen LogP contribution in [0.4, 0.5) is 10.6 Å². The van der Waals surface area contributed by atoms with E-state index in [4.69, 9.17) is 14.0 Å². The van der Waals surface area contributed by atoms with E-state index < -0.39 is 12.3 Å². The predicted octanol–water partition coefficient (Wildman–Crippen LogP) is 2.86. The van der Waals surface area contributed by atoms with Crippen LogP contribution < -0.4 is 10.6 Å². The Hall–Kier alpha value is -2.38. The summed E-state index contributed by atoms with van der Waals surface area (Å²) in [4.78, 5) is 11.9. The molecule has 0 bridgehead atoms. The predicted molar refractivity (Wildman–Crippen MR) is 86.0 cm³/mol. The van der Waals surface area contributed by atoms with Crippen LogP contribution in [0.5, 0.6) is 0 Å². The van der Waals surface area contributed by atoms with Gasteiger partial charge in [-0.05, 0) is 13.8 Å². The van der Waals surface area contributed by atoms with Crippen molar-refractivity contribution < 1.29 is 18.8 Å². The maximum absolute atomic E-state index is 11.9. The van der Waals surface area contributed by atoms with Crippen LogP contribution in [0, 0.1) is 0 Å². The molecule has 0 aliphatic carbocycles. The Balaban J connectivity index is 1.85. The quantitative estimate of drug-likeness (QED) is 0.731. The van der Waals surface area contributed by atoms with E-state index in [1.165, 1.54) is 0 Å². The summed E-state index contributed by atoms with van der Waals surface area (Å²) in [5.74, 6) is 0.924. The molecule has 0 saturated heterocycles. The van der Waals surface area contributed by atoms with Gasteiger partial charge in [-0.25, -0.2) is 4.79 Å². The van der Waals surface area contributed by atoms with Gasteiger partial charge in [-0.1, -0.05) is 35.5 Å². The summed E-state index contributed by atoms with van der Waals surface area (Å²) in [5.41, 5.74) is 0.890. The molecule has 1 heterocycles. The highest BCUT2D eigenvalue weighted by Crippen LogP contribution is 2.21. The van der Waals surface area contributed by atoms with E-state index in [1.54, 1.807) is 6.07 Å². The fraction of sp³-hybridized carbons (Fsp3) is 0.375. The second-order valence-corrected chi connectivity index (χ2v) is 4.62. The van der Waals surface area contributed by atoms with Gasteiger partial charge in [0.05, 0.1) is 6.54 Å². The van der Waals surface area contributed by atoms with Crippen molar-refractivity contribution in [2.45, 2.75) is 20.1 Å². The number of hydrogen-bond acceptors (Lipinski definition) is 5. The third-order valence-corrected chi connectivity index (χ3v) is 2.94. The number of rotatable bonds is 8. The smallest absolute Gasteiger partial charge is 0.320 e. The molecule has 2 N–H and O–H groups in total. The first kappa shape index (κ1) is 17.0. The lowest BCUT2D eigenvalue weighted by atomic mass is 10.2. The van der Waals surface area contributed by atoms with Crippen LogP contribution >= 0.6 is 0 Å². The van der Waals surface area contributed by atoms with Gasteiger partial charge in [0, 0.05) is 24.8 Å². The first-order chi connectivity index (χ1) is 11.2. The molecule has 1 aromatic carbocycles. The summed E-state index contributed by atoms with van der Waals surface area (Å²) in [6.45, 7) is 5.01. The van der Waals surface area contributed by atoms with Gasteiger partial charge < -0.3 is 19.3 Å². The summed E-state index contributed by atoms with van der Waals surface area (Å²) in [5, 5.41) is 9.10. The first-order valence-corrected chi connectivity index (χ1v) is 7.53. The molecule has 1 aromatic heterocycles. The molecule has 0 atom stereocenters. The van der Waals surface area contributed by atoms with Crippen LogP contribution in [0.15, 0.2) is 40.9 Å². The Bertz CT molecular complexity index is 594. The molecule has 2 amide bonds. The molecule has 0 saturated carbocycles. The fourth-order valence-electron chi connectivity index (χ4n) is 1.95. The molecule has 0 radical (unpaired) electrons. The number of ether oxygens (including phenoxy) is 2. The van der Waals surface area contributed by atoms with Gasteiger partial charge in [0.25, 0.3) is 0 Å². The largest absolute Gasteiger partial charge is 0.354 e. The number of anilines is 1. The molecule has 0 fully saturated rings. The summed E-state index contributed by atoms with van der Waals surface area (Å²) in [7, 11) is 0. The second-order valence-electron chi connectivity index (χ2n) is 4.62. The number of amides is 2. The van der Waals surface area contributed by atoms with Crippen molar-refractivity contribution in [3.05, 3.63) is 36.4 Å². The Morgan fingerprint density at radius 1 is 1.22 bits per heavy atom. The third kappa shape index (κ3) is 5.39. The Morgan fingerprint density at radius 2 is 1.91 bits per heavy atom. The zero-order chi connectivity index (χ0) is 16.5. The van der Waals surface area contributed by atoms with Crippen LogP contribution in [0.2, 0.25) is 0 Å². The highest BCUT2D eigenvalue weighted by atomic mass is 16.7. The van der Waals surface area contributed by atoms with Crippen molar-refractivity contribution in [3.63, 3.8) is 0 Å². The van der Waals surface area contributed by atoms with Gasteiger partial charge in [0.1, 0.15) is 0 Å². The number of nitrogens with zero attached hydrogens (tertiary/aromatic N) is 1. The van der Waals surface area contributed by atoms with E-state index >= 15 is 0 Å². The molecular formula is C16H21N3O4. The van der Waals surface area contributed by atoms with E-state index in [0.717, 1.165) is 5.56 Å². The molecule has 23 heavy (non-hydrogen) atoms. The Labute approximate surface area is 134 Å². The minimum absolute atomic E-state index is 0.247. The SMILES string of the molecule is CCOC(CNC(=O)Nc1cc(-c2ccccc2)on1)OCC. The summed E-state index contributed by atoms with van der Waals surface area (Å²) < 4.78 is 15.9. The fourth-order valence-corrected chi connectivity index (χ4v) is 1.95. The van der Waals surface area contributed by atoms with E-state index in [1.807, 2.05) is 44.2 Å². The molecule has 0 unspecified atom stereocenters. The normalized spacial score (nSPS) is 10.7. The van der Waals surface area contributed by atoms with Crippen LogP contribution in [-0.4, -0.2) is 37.2 Å². The highest BCUT2D eigenvalue weighted by molar-refractivity contribution is 5.88. The number of urea groups is 1. The average molecular weight is 319 g/mol. The third-order valence-electron chi connectivity index (χ3n) is 2.94. The molecule has 7 heteroatoms. The molecule has 0 spiro atoms. The molecule has 7 nitrogen and oxygen atoms in total. The lowest BCUT2D eigenvalue weighted by Gasteiger charge is -2.17. The summed E-state index contributed by atoms with van der Waals surface area (Å²) in [6, 6.07) is 10.8. The lowest BCUT2D eigenvalue weighted by Crippen LogP contribution is -2.37. The maximum atomic E-state index is 11.9. The van der Waals surface area contributed by atoms with Crippen molar-refractivity contribution in [1.29, 1.82) is 0 Å². The van der Waals surface area contributed by atoms with Crippen molar-refractivity contribution >= 4 is 11.8 Å². The van der Waals surface area contributed by atoms with E-state index in [-0.39, 0.29) is 6.54 Å². The minimum Gasteiger partial charge on any atom is -0.354 e. The molecule has 0 aliphatic rings. The lowest BCUT2D eigenvalue weighted by molar-refractivity contribution is -0.131. The monoisotopic (exact) mass is 319 g/mol. The van der Waals surface area contributed by atoms with Crippen molar-refractivity contribution in [2.24, 2.45) is 0 Å². The number of carbonyl (C=O) groups is 1. The number of hydrogen-bond donors (Lipinski definition) is 2. The number of benzene rings is 1. The van der Waals surface area contributed by atoms with Crippen molar-refractivity contribution in [3.8, 4) is 11.3 Å². The van der Waals surface area contributed by atoms with Crippen LogP contribution in [0.25, 0.3) is 11.3 Å². The Kier molecular flexibility index (Phi) is 6.58. The maximum Gasteiger partial charge on any atom is 0.320 e. The van der Waals surface area contributed by atoms with Crippen LogP contribution in [-0.2, 0) is 9.47 Å². The van der Waals surface area contributed by atoms with Gasteiger partial charge in [-0.15, -0.1) is 0 Å². The summed E-state index contributed by atoms with van der Waals surface area (Å²) in [6.07, 6.45) is -0.465. The number of carbonyl (C=O) groups excluding carboxylic acids is 1. The number of nitrogens with one attached hydrogen (secondary N) is 2. The van der Waals surface area contributed by atoms with E-state index in [2.05, 4.69) is 15.8 Å². The van der Waals surface area contributed by atoms with Gasteiger partial charge in [0.15, 0.2) is 17.9 Å². The molecular weight excluding hydrogens is 298 g/mol. The zero-order valence-electron chi connectivity index (χ0n) is 13.2. The van der Waals surface area contributed by atoms with Crippen molar-refractivity contribution in [2.75, 3.05) is 25.1 Å². The minimum atomic E-state index is -0.465. The molecule has 124 valence electrons. The first-order valence-electron chi connectivity index (χ1n) is 7.53. The highest BCUT2D eigenvalue weighted by Gasteiger charge is 2.12. The molecule has 2 rings (SSSR count). The zero-order valence-corrected chi connectivity index (χ0v) is 13.2. The average Bonchev–Trinajstić information content (AvgIpc) is 3.02. The van der Waals surface area contributed by atoms with Crippen LogP contribution in [0.3, 0.4) is 0 Å². The molecule has 0 aliphatic heterocycles. The topological polar surface area (TPSA) is 85.6 Å². The van der Waals surface area contributed by atoms with Crippen LogP contribution in [0.1, 0.15) is 13.8 Å². The number of aromatic nitrogens is 1. The second kappa shape index (κ2) is 8.92.